The molecular weight excluding hydrogens is 863 g/mol. The summed E-state index contributed by atoms with van der Waals surface area (Å²) in [5, 5.41) is -0.236. The second-order valence-electron chi connectivity index (χ2n) is 15.7. The molecule has 0 saturated heterocycles. The normalized spacial score (nSPS) is 11.9. The molecule has 1 radical (unpaired) electrons. The van der Waals surface area contributed by atoms with Crippen LogP contribution in [0.25, 0.3) is 0 Å². The van der Waals surface area contributed by atoms with E-state index in [9.17, 15) is 14.4 Å². The Morgan fingerprint density at radius 1 is 0.393 bits per heavy atom. The average molecular weight is 953 g/mol. The average Bonchev–Trinajstić information content (AvgIpc) is 3.20. The molecule has 0 aromatic carbocycles. The number of ether oxygens (including phenoxy) is 3. The molecule has 0 N–H and O–H groups in total. The summed E-state index contributed by atoms with van der Waals surface area (Å²) in [6, 6.07) is 0. The van der Waals surface area contributed by atoms with Crippen LogP contribution in [0.5, 0.6) is 0 Å². The molecule has 0 aromatic rings. The third kappa shape index (κ3) is 41.0. The van der Waals surface area contributed by atoms with E-state index in [1.165, 1.54) is 154 Å². The molecule has 10 heteroatoms. The first kappa shape index (κ1) is 56.3. The number of hydrogen-bond acceptors (Lipinski definition) is 9. The van der Waals surface area contributed by atoms with Gasteiger partial charge in [-0.15, -0.1) is 0 Å². The summed E-state index contributed by atoms with van der Waals surface area (Å²) in [5.41, 5.74) is 0. The summed E-state index contributed by atoms with van der Waals surface area (Å²) >= 11 is -2.59. The molecule has 0 aromatic heterocycles. The summed E-state index contributed by atoms with van der Waals surface area (Å²) in [6.45, 7) is 10.3. The zero-order valence-electron chi connectivity index (χ0n) is 37.1. The summed E-state index contributed by atoms with van der Waals surface area (Å²) in [7, 11) is 5.07. The molecule has 0 heterocycles. The van der Waals surface area contributed by atoms with Crippen molar-refractivity contribution in [3.63, 3.8) is 0 Å². The summed E-state index contributed by atoms with van der Waals surface area (Å²) < 4.78 is 17.0. The monoisotopic (exact) mass is 953 g/mol. The maximum absolute atomic E-state index is 13.4. The van der Waals surface area contributed by atoms with Gasteiger partial charge in [0.2, 0.25) is 0 Å². The van der Waals surface area contributed by atoms with E-state index in [0.29, 0.717) is 19.8 Å². The van der Waals surface area contributed by atoms with Crippen molar-refractivity contribution in [3.05, 3.63) is 0 Å². The van der Waals surface area contributed by atoms with Crippen LogP contribution in [0.15, 0.2) is 0 Å². The van der Waals surface area contributed by atoms with Gasteiger partial charge in [-0.25, -0.2) is 0 Å². The van der Waals surface area contributed by atoms with Gasteiger partial charge >= 0.3 is 299 Å². The van der Waals surface area contributed by atoms with E-state index in [2.05, 4.69) is 27.7 Å². The number of unbranched alkanes of at least 4 members (excludes halogenated alkanes) is 28. The van der Waals surface area contributed by atoms with Crippen molar-refractivity contribution in [1.29, 1.82) is 0 Å². The molecule has 0 amide bonds. The van der Waals surface area contributed by atoms with Crippen LogP contribution in [0, 0.1) is 0 Å². The van der Waals surface area contributed by atoms with Gasteiger partial charge in [-0.05, 0) is 0 Å². The van der Waals surface area contributed by atoms with Crippen LogP contribution in [-0.2, 0) is 28.6 Å². The maximum atomic E-state index is 13.4. The molecule has 331 valence electrons. The molecule has 0 aliphatic rings. The van der Waals surface area contributed by atoms with E-state index in [0.717, 1.165) is 57.8 Å². The van der Waals surface area contributed by atoms with Gasteiger partial charge in [0.05, 0.1) is 0 Å². The quantitative estimate of drug-likeness (QED) is 0.0257. The third-order valence-electron chi connectivity index (χ3n) is 10.2. The molecule has 6 nitrogen and oxygen atoms in total. The van der Waals surface area contributed by atoms with Crippen LogP contribution in [0.3, 0.4) is 0 Å². The summed E-state index contributed by atoms with van der Waals surface area (Å²) in [6.07, 6.45) is 40.2. The molecule has 1 atom stereocenters. The third-order valence-corrected chi connectivity index (χ3v) is 36.3. The second-order valence-corrected chi connectivity index (χ2v) is 39.5. The number of carbonyl (C=O) groups excluding carboxylic acids is 3. The van der Waals surface area contributed by atoms with Crippen LogP contribution in [-0.4, -0.2) is 70.1 Å². The van der Waals surface area contributed by atoms with Crippen molar-refractivity contribution in [2.75, 3.05) is 31.3 Å². The Labute approximate surface area is 362 Å². The number of esters is 3. The van der Waals surface area contributed by atoms with Crippen LogP contribution >= 0.6 is 26.8 Å². The Morgan fingerprint density at radius 3 is 1.05 bits per heavy atom. The van der Waals surface area contributed by atoms with Gasteiger partial charge in [-0.1, -0.05) is 65.7 Å². The zero-order valence-corrected chi connectivity index (χ0v) is 42.4. The van der Waals surface area contributed by atoms with Crippen molar-refractivity contribution in [2.45, 2.75) is 245 Å². The van der Waals surface area contributed by atoms with E-state index in [4.69, 9.17) is 14.2 Å². The fraction of sp³-hybridized carbons (Fsp3) is 0.935. The van der Waals surface area contributed by atoms with Gasteiger partial charge in [-0.2, -0.15) is 0 Å². The van der Waals surface area contributed by atoms with Gasteiger partial charge in [0.1, 0.15) is 0 Å². The van der Waals surface area contributed by atoms with E-state index in [-0.39, 0.29) is 34.7 Å². The predicted octanol–water partition coefficient (Wildman–Crippen LogP) is 15.1. The van der Waals surface area contributed by atoms with Crippen LogP contribution < -0.4 is 0 Å². The number of carbonyl (C=O) groups is 3. The second kappa shape index (κ2) is 46.3. The topological polar surface area (TPSA) is 78.9 Å². The molecular formula is C46H89O6S3Sn. The minimum absolute atomic E-state index is 0.120. The Kier molecular flexibility index (Phi) is 46.5. The molecule has 1 unspecified atom stereocenters. The molecule has 0 aliphatic heterocycles. The van der Waals surface area contributed by atoms with Crippen LogP contribution in [0.1, 0.15) is 240 Å². The van der Waals surface area contributed by atoms with Crippen molar-refractivity contribution in [2.24, 2.45) is 0 Å². The van der Waals surface area contributed by atoms with Crippen LogP contribution in [0.4, 0.5) is 0 Å². The molecule has 0 spiro atoms. The van der Waals surface area contributed by atoms with E-state index in [1.54, 1.807) is 26.8 Å². The Hall–Kier alpha value is 0.259. The summed E-state index contributed by atoms with van der Waals surface area (Å²) in [5.74, 6) is 0.105. The summed E-state index contributed by atoms with van der Waals surface area (Å²) in [4.78, 5) is 39.0. The van der Waals surface area contributed by atoms with E-state index < -0.39 is 15.6 Å². The zero-order chi connectivity index (χ0) is 41.0. The van der Waals surface area contributed by atoms with Gasteiger partial charge in [0.15, 0.2) is 0 Å². The minimum atomic E-state index is -2.59. The number of rotatable bonds is 45. The van der Waals surface area contributed by atoms with E-state index in [1.807, 2.05) is 0 Å². The fourth-order valence-corrected chi connectivity index (χ4v) is 31.7. The molecule has 0 bridgehead atoms. The molecule has 0 aliphatic carbocycles. The number of hydrogen-bond donors (Lipinski definition) is 0. The van der Waals surface area contributed by atoms with Gasteiger partial charge < -0.3 is 0 Å². The standard InChI is InChI=1S/C18H36O2S.2C14H28O2S.Sn/c1-3-5-7-8-9-10-11-12-13-14-15-17(21)18(19)20-16-6-4-2;2*1-2-3-4-5-6-7-8-9-10-11-12-16-14(15)13-17;/h17,21H,3-16H2,1-2H3;2*17H,2-13H2,1H3;/q;;;+3/p-3. The van der Waals surface area contributed by atoms with Crippen molar-refractivity contribution in [1.82, 2.24) is 0 Å². The first-order valence-electron chi connectivity index (χ1n) is 23.7. The SMILES string of the molecule is CCCCCCCCCCCCOC(=O)C[S][Sn]([S]CC(=O)OCCCCCCCCCCCC)[S]C(CCCCCCCCCCCC)C(=O)OCCCC. The Balaban J connectivity index is 4.92. The fourth-order valence-electron chi connectivity index (χ4n) is 6.55. The van der Waals surface area contributed by atoms with Gasteiger partial charge in [0, 0.05) is 0 Å². The molecule has 0 saturated carbocycles. The van der Waals surface area contributed by atoms with Crippen molar-refractivity contribution in [3.8, 4) is 0 Å². The first-order valence-corrected chi connectivity index (χ1v) is 37.1. The Bertz CT molecular complexity index is 825. The molecule has 0 fully saturated rings. The predicted molar refractivity (Wildman–Crippen MR) is 250 cm³/mol. The van der Waals surface area contributed by atoms with Gasteiger partial charge in [-0.3, -0.25) is 0 Å². The van der Waals surface area contributed by atoms with Gasteiger partial charge in [0.25, 0.3) is 0 Å². The molecule has 56 heavy (non-hydrogen) atoms. The van der Waals surface area contributed by atoms with Crippen LogP contribution in [0.2, 0.25) is 0 Å². The van der Waals surface area contributed by atoms with E-state index >= 15 is 0 Å². The Morgan fingerprint density at radius 2 is 0.696 bits per heavy atom. The van der Waals surface area contributed by atoms with Crippen molar-refractivity contribution >= 4 is 60.4 Å². The molecule has 0 rings (SSSR count). The first-order chi connectivity index (χ1) is 27.5. The van der Waals surface area contributed by atoms with Crippen molar-refractivity contribution < 1.29 is 28.6 Å².